The predicted molar refractivity (Wildman–Crippen MR) is 111 cm³/mol. The summed E-state index contributed by atoms with van der Waals surface area (Å²) in [5.41, 5.74) is 3.79. The summed E-state index contributed by atoms with van der Waals surface area (Å²) in [5.74, 6) is 2.36. The normalized spacial score (nSPS) is 11.6. The van der Waals surface area contributed by atoms with Crippen LogP contribution < -0.4 is 14.2 Å². The molecule has 138 valence electrons. The maximum Gasteiger partial charge on any atom is 0.119 e. The Bertz CT molecular complexity index is 929. The highest BCUT2D eigenvalue weighted by Crippen LogP contribution is 2.37. The summed E-state index contributed by atoms with van der Waals surface area (Å²) in [6.07, 6.45) is 0. The van der Waals surface area contributed by atoms with Crippen molar-refractivity contribution in [2.45, 2.75) is 0 Å². The van der Waals surface area contributed by atoms with Gasteiger partial charge in [-0.3, -0.25) is 0 Å². The zero-order valence-corrected chi connectivity index (χ0v) is 16.3. The Hall–Kier alpha value is -2.91. The SMILES string of the molecule is COc1ccc(C(Cl)=C(c2ccc(OC)cc2)c2cccc(OC)c2)cc1. The van der Waals surface area contributed by atoms with E-state index < -0.39 is 0 Å². The summed E-state index contributed by atoms with van der Waals surface area (Å²) >= 11 is 6.87. The minimum absolute atomic E-state index is 0.649. The summed E-state index contributed by atoms with van der Waals surface area (Å²) in [6.45, 7) is 0. The van der Waals surface area contributed by atoms with Crippen LogP contribution in [0.3, 0.4) is 0 Å². The van der Waals surface area contributed by atoms with Crippen LogP contribution in [0.4, 0.5) is 0 Å². The average molecular weight is 381 g/mol. The lowest BCUT2D eigenvalue weighted by Gasteiger charge is -2.14. The Balaban J connectivity index is 2.17. The summed E-state index contributed by atoms with van der Waals surface area (Å²) in [4.78, 5) is 0. The zero-order valence-electron chi connectivity index (χ0n) is 15.5. The smallest absolute Gasteiger partial charge is 0.119 e. The van der Waals surface area contributed by atoms with Crippen molar-refractivity contribution in [1.29, 1.82) is 0 Å². The Morgan fingerprint density at radius 2 is 1.11 bits per heavy atom. The van der Waals surface area contributed by atoms with Crippen LogP contribution in [-0.2, 0) is 0 Å². The van der Waals surface area contributed by atoms with Gasteiger partial charge in [0.25, 0.3) is 0 Å². The van der Waals surface area contributed by atoms with E-state index >= 15 is 0 Å². The number of ether oxygens (including phenoxy) is 3. The Labute approximate surface area is 164 Å². The molecule has 27 heavy (non-hydrogen) atoms. The minimum Gasteiger partial charge on any atom is -0.497 e. The van der Waals surface area contributed by atoms with Gasteiger partial charge in [-0.1, -0.05) is 35.9 Å². The molecule has 4 heteroatoms. The molecule has 0 amide bonds. The number of rotatable bonds is 6. The monoisotopic (exact) mass is 380 g/mol. The second-order valence-corrected chi connectivity index (χ2v) is 6.26. The van der Waals surface area contributed by atoms with Gasteiger partial charge in [0.2, 0.25) is 0 Å². The molecule has 0 unspecified atom stereocenters. The van der Waals surface area contributed by atoms with Crippen LogP contribution in [0.1, 0.15) is 16.7 Å². The topological polar surface area (TPSA) is 27.7 Å². The standard InChI is InChI=1S/C23H21ClO3/c1-25-19-11-7-16(8-12-19)22(18-5-4-6-21(15-18)27-3)23(24)17-9-13-20(26-2)14-10-17/h4-15H,1-3H3. The number of halogens is 1. The van der Waals surface area contributed by atoms with E-state index in [2.05, 4.69) is 0 Å². The van der Waals surface area contributed by atoms with E-state index in [1.54, 1.807) is 21.3 Å². The van der Waals surface area contributed by atoms with Crippen LogP contribution in [0.15, 0.2) is 72.8 Å². The number of benzene rings is 3. The first-order valence-corrected chi connectivity index (χ1v) is 8.87. The Morgan fingerprint density at radius 1 is 0.593 bits per heavy atom. The van der Waals surface area contributed by atoms with Crippen molar-refractivity contribution in [3.8, 4) is 17.2 Å². The zero-order chi connectivity index (χ0) is 19.2. The molecule has 0 aromatic heterocycles. The van der Waals surface area contributed by atoms with Crippen molar-refractivity contribution in [1.82, 2.24) is 0 Å². The number of hydrogen-bond donors (Lipinski definition) is 0. The lowest BCUT2D eigenvalue weighted by Crippen LogP contribution is -1.94. The number of hydrogen-bond acceptors (Lipinski definition) is 3. The molecule has 0 radical (unpaired) electrons. The fraction of sp³-hybridized carbons (Fsp3) is 0.130. The highest BCUT2D eigenvalue weighted by atomic mass is 35.5. The van der Waals surface area contributed by atoms with Gasteiger partial charge in [-0.15, -0.1) is 0 Å². The molecule has 3 aromatic carbocycles. The third-order valence-corrected chi connectivity index (χ3v) is 4.71. The van der Waals surface area contributed by atoms with E-state index in [4.69, 9.17) is 25.8 Å². The highest BCUT2D eigenvalue weighted by molar-refractivity contribution is 6.53. The molecule has 0 N–H and O–H groups in total. The van der Waals surface area contributed by atoms with Crippen LogP contribution in [-0.4, -0.2) is 21.3 Å². The van der Waals surface area contributed by atoms with Crippen molar-refractivity contribution in [3.63, 3.8) is 0 Å². The molecule has 0 aliphatic heterocycles. The van der Waals surface area contributed by atoms with Gasteiger partial charge < -0.3 is 14.2 Å². The second-order valence-electron chi connectivity index (χ2n) is 5.88. The first kappa shape index (κ1) is 18.9. The van der Waals surface area contributed by atoms with Crippen LogP contribution in [0.2, 0.25) is 0 Å². The first-order chi connectivity index (χ1) is 13.2. The molecule has 0 fully saturated rings. The molecule has 0 heterocycles. The summed E-state index contributed by atoms with van der Waals surface area (Å²) < 4.78 is 15.9. The molecular weight excluding hydrogens is 360 g/mol. The van der Waals surface area contributed by atoms with Crippen LogP contribution in [0, 0.1) is 0 Å². The van der Waals surface area contributed by atoms with E-state index in [9.17, 15) is 0 Å². The van der Waals surface area contributed by atoms with Gasteiger partial charge >= 0.3 is 0 Å². The molecule has 0 spiro atoms. The van der Waals surface area contributed by atoms with Crippen LogP contribution in [0.25, 0.3) is 10.6 Å². The fourth-order valence-electron chi connectivity index (χ4n) is 2.84. The molecule has 0 aliphatic carbocycles. The van der Waals surface area contributed by atoms with Crippen molar-refractivity contribution < 1.29 is 14.2 Å². The molecule has 0 saturated carbocycles. The third kappa shape index (κ3) is 4.26. The van der Waals surface area contributed by atoms with Crippen molar-refractivity contribution >= 4 is 22.2 Å². The number of methoxy groups -OCH3 is 3. The van der Waals surface area contributed by atoms with E-state index in [0.29, 0.717) is 5.03 Å². The molecule has 3 rings (SSSR count). The molecule has 3 aromatic rings. The largest absolute Gasteiger partial charge is 0.497 e. The van der Waals surface area contributed by atoms with Gasteiger partial charge in [-0.25, -0.2) is 0 Å². The van der Waals surface area contributed by atoms with Crippen molar-refractivity contribution in [3.05, 3.63) is 89.5 Å². The van der Waals surface area contributed by atoms with Gasteiger partial charge in [0, 0.05) is 5.57 Å². The first-order valence-electron chi connectivity index (χ1n) is 8.49. The lowest BCUT2D eigenvalue weighted by molar-refractivity contribution is 0.414. The maximum atomic E-state index is 6.87. The van der Waals surface area contributed by atoms with Gasteiger partial charge in [0.15, 0.2) is 0 Å². The summed E-state index contributed by atoms with van der Waals surface area (Å²) in [6, 6.07) is 23.4. The second kappa shape index (κ2) is 8.65. The predicted octanol–water partition coefficient (Wildman–Crippen LogP) is 5.87. The fourth-order valence-corrected chi connectivity index (χ4v) is 3.18. The van der Waals surface area contributed by atoms with Gasteiger partial charge in [0.1, 0.15) is 17.2 Å². The van der Waals surface area contributed by atoms with E-state index in [-0.39, 0.29) is 0 Å². The van der Waals surface area contributed by atoms with Gasteiger partial charge in [0.05, 0.1) is 26.4 Å². The maximum absolute atomic E-state index is 6.87. The Kier molecular flexibility index (Phi) is 6.05. The lowest BCUT2D eigenvalue weighted by atomic mass is 9.95. The van der Waals surface area contributed by atoms with Gasteiger partial charge in [-0.05, 0) is 65.2 Å². The van der Waals surface area contributed by atoms with Crippen molar-refractivity contribution in [2.75, 3.05) is 21.3 Å². The third-order valence-electron chi connectivity index (χ3n) is 4.30. The quantitative estimate of drug-likeness (QED) is 0.501. The van der Waals surface area contributed by atoms with E-state index in [0.717, 1.165) is 39.5 Å². The summed E-state index contributed by atoms with van der Waals surface area (Å²) in [5, 5.41) is 0.649. The van der Waals surface area contributed by atoms with E-state index in [1.807, 2.05) is 72.8 Å². The Morgan fingerprint density at radius 3 is 1.63 bits per heavy atom. The average Bonchev–Trinajstić information content (AvgIpc) is 2.74. The molecule has 0 saturated heterocycles. The molecular formula is C23H21ClO3. The minimum atomic E-state index is 0.649. The van der Waals surface area contributed by atoms with Crippen LogP contribution >= 0.6 is 11.6 Å². The molecule has 3 nitrogen and oxygen atoms in total. The molecule has 0 bridgehead atoms. The molecule has 0 aliphatic rings. The van der Waals surface area contributed by atoms with Crippen LogP contribution in [0.5, 0.6) is 17.2 Å². The van der Waals surface area contributed by atoms with Gasteiger partial charge in [-0.2, -0.15) is 0 Å². The van der Waals surface area contributed by atoms with E-state index in [1.165, 1.54) is 0 Å². The molecule has 0 atom stereocenters. The van der Waals surface area contributed by atoms with Crippen molar-refractivity contribution in [2.24, 2.45) is 0 Å². The summed E-state index contributed by atoms with van der Waals surface area (Å²) in [7, 11) is 4.95. The highest BCUT2D eigenvalue weighted by Gasteiger charge is 2.14.